The van der Waals surface area contributed by atoms with Crippen LogP contribution in [0.1, 0.15) is 5.56 Å². The fourth-order valence-electron chi connectivity index (χ4n) is 2.44. The highest BCUT2D eigenvalue weighted by Crippen LogP contribution is 2.26. The summed E-state index contributed by atoms with van der Waals surface area (Å²) in [5.41, 5.74) is 3.43. The topological polar surface area (TPSA) is 104 Å². The highest BCUT2D eigenvalue weighted by Gasteiger charge is 2.07. The van der Waals surface area contributed by atoms with Crippen molar-refractivity contribution in [2.45, 2.75) is 6.92 Å². The number of aromatic nitrogens is 6. The molecule has 0 bridgehead atoms. The number of halogens is 1. The number of anilines is 4. The number of benzene rings is 2. The van der Waals surface area contributed by atoms with Crippen LogP contribution in [-0.4, -0.2) is 30.6 Å². The first-order valence-corrected chi connectivity index (χ1v) is 8.53. The van der Waals surface area contributed by atoms with Crippen LogP contribution >= 0.6 is 11.6 Å². The summed E-state index contributed by atoms with van der Waals surface area (Å²) < 4.78 is 0. The minimum atomic E-state index is 0.476. The lowest BCUT2D eigenvalue weighted by molar-refractivity contribution is 0.881. The summed E-state index contributed by atoms with van der Waals surface area (Å²) in [7, 11) is 0. The van der Waals surface area contributed by atoms with Gasteiger partial charge in [0, 0.05) is 23.0 Å². The molecule has 2 aromatic heterocycles. The number of aryl methyl sites for hydroxylation is 1. The largest absolute Gasteiger partial charge is 0.339 e. The van der Waals surface area contributed by atoms with E-state index in [9.17, 15) is 0 Å². The average Bonchev–Trinajstić information content (AvgIpc) is 3.22. The first kappa shape index (κ1) is 16.9. The van der Waals surface area contributed by atoms with Gasteiger partial charge in [-0.2, -0.15) is 4.98 Å². The van der Waals surface area contributed by atoms with Crippen molar-refractivity contribution in [3.63, 3.8) is 0 Å². The first-order chi connectivity index (χ1) is 13.2. The van der Waals surface area contributed by atoms with Crippen molar-refractivity contribution in [2.75, 3.05) is 10.6 Å². The molecule has 2 aromatic carbocycles. The summed E-state index contributed by atoms with van der Waals surface area (Å²) in [6, 6.07) is 15.1. The maximum absolute atomic E-state index is 6.22. The molecule has 0 fully saturated rings. The molecule has 0 spiro atoms. The SMILES string of the molecule is Cc1cnc(Nc2ccc(-c3nnn[nH]3)cc2)nc1Nc1ccccc1Cl. The number of nitrogens with zero attached hydrogens (tertiary/aromatic N) is 5. The molecule has 2 heterocycles. The molecule has 9 heteroatoms. The van der Waals surface area contributed by atoms with Gasteiger partial charge in [-0.1, -0.05) is 23.7 Å². The second-order valence-corrected chi connectivity index (χ2v) is 6.19. The lowest BCUT2D eigenvalue weighted by Crippen LogP contribution is -2.03. The fraction of sp³-hybridized carbons (Fsp3) is 0.0556. The van der Waals surface area contributed by atoms with Gasteiger partial charge < -0.3 is 10.6 Å². The molecule has 4 aromatic rings. The highest BCUT2D eigenvalue weighted by atomic mass is 35.5. The van der Waals surface area contributed by atoms with Crippen LogP contribution in [0.2, 0.25) is 5.02 Å². The summed E-state index contributed by atoms with van der Waals surface area (Å²) in [4.78, 5) is 8.88. The van der Waals surface area contributed by atoms with Crippen LogP contribution in [-0.2, 0) is 0 Å². The van der Waals surface area contributed by atoms with Gasteiger partial charge in [0.1, 0.15) is 5.82 Å². The zero-order chi connectivity index (χ0) is 18.6. The molecule has 0 saturated carbocycles. The molecule has 0 aliphatic carbocycles. The molecule has 27 heavy (non-hydrogen) atoms. The van der Waals surface area contributed by atoms with Crippen molar-refractivity contribution in [1.29, 1.82) is 0 Å². The molecule has 0 radical (unpaired) electrons. The molecule has 0 unspecified atom stereocenters. The number of tetrazole rings is 1. The number of nitrogens with one attached hydrogen (secondary N) is 3. The Hall–Kier alpha value is -3.52. The van der Waals surface area contributed by atoms with Gasteiger partial charge in [-0.3, -0.25) is 0 Å². The number of H-pyrrole nitrogens is 1. The second-order valence-electron chi connectivity index (χ2n) is 5.78. The lowest BCUT2D eigenvalue weighted by Gasteiger charge is -2.12. The summed E-state index contributed by atoms with van der Waals surface area (Å²) in [6.07, 6.45) is 1.75. The van der Waals surface area contributed by atoms with Crippen LogP contribution in [0.3, 0.4) is 0 Å². The van der Waals surface area contributed by atoms with E-state index in [-0.39, 0.29) is 0 Å². The molecule has 3 N–H and O–H groups in total. The average molecular weight is 379 g/mol. The third-order valence-electron chi connectivity index (χ3n) is 3.86. The molecule has 8 nitrogen and oxygen atoms in total. The first-order valence-electron chi connectivity index (χ1n) is 8.15. The maximum Gasteiger partial charge on any atom is 0.229 e. The van der Waals surface area contributed by atoms with Crippen LogP contribution in [0.15, 0.2) is 54.7 Å². The minimum absolute atomic E-state index is 0.476. The lowest BCUT2D eigenvalue weighted by atomic mass is 10.2. The molecular weight excluding hydrogens is 364 g/mol. The van der Waals surface area contributed by atoms with Gasteiger partial charge in [0.05, 0.1) is 10.7 Å². The van der Waals surface area contributed by atoms with Crippen molar-refractivity contribution in [3.05, 3.63) is 65.3 Å². The van der Waals surface area contributed by atoms with Gasteiger partial charge >= 0.3 is 0 Å². The van der Waals surface area contributed by atoms with Crippen molar-refractivity contribution < 1.29 is 0 Å². The van der Waals surface area contributed by atoms with Crippen LogP contribution in [0.25, 0.3) is 11.4 Å². The fourth-order valence-corrected chi connectivity index (χ4v) is 2.62. The van der Waals surface area contributed by atoms with E-state index >= 15 is 0 Å². The standard InChI is InChI=1S/C18H15ClN8/c1-11-10-20-18(23-16(11)22-15-5-3-2-4-14(15)19)21-13-8-6-12(7-9-13)17-24-26-27-25-17/h2-10H,1H3,(H2,20,21,22,23)(H,24,25,26,27). The van der Waals surface area contributed by atoms with E-state index in [1.165, 1.54) is 0 Å². The molecule has 134 valence electrons. The zero-order valence-electron chi connectivity index (χ0n) is 14.3. The molecule has 4 rings (SSSR count). The van der Waals surface area contributed by atoms with E-state index < -0.39 is 0 Å². The van der Waals surface area contributed by atoms with Gasteiger partial charge in [-0.25, -0.2) is 10.1 Å². The van der Waals surface area contributed by atoms with Gasteiger partial charge in [-0.15, -0.1) is 5.10 Å². The highest BCUT2D eigenvalue weighted by molar-refractivity contribution is 6.33. The van der Waals surface area contributed by atoms with E-state index in [1.54, 1.807) is 6.20 Å². The van der Waals surface area contributed by atoms with Gasteiger partial charge in [0.15, 0.2) is 5.82 Å². The third-order valence-corrected chi connectivity index (χ3v) is 4.19. The quantitative estimate of drug-likeness (QED) is 0.480. The Morgan fingerprint density at radius 1 is 1.00 bits per heavy atom. The van der Waals surface area contributed by atoms with Gasteiger partial charge in [0.2, 0.25) is 5.95 Å². The van der Waals surface area contributed by atoms with Crippen molar-refractivity contribution in [2.24, 2.45) is 0 Å². The van der Waals surface area contributed by atoms with Crippen LogP contribution in [0.5, 0.6) is 0 Å². The van der Waals surface area contributed by atoms with Gasteiger partial charge in [-0.05, 0) is 53.7 Å². The van der Waals surface area contributed by atoms with Crippen LogP contribution in [0, 0.1) is 6.92 Å². The number of para-hydroxylation sites is 1. The smallest absolute Gasteiger partial charge is 0.229 e. The van der Waals surface area contributed by atoms with E-state index in [1.807, 2.05) is 55.5 Å². The predicted octanol–water partition coefficient (Wildman–Crippen LogP) is 4.11. The zero-order valence-corrected chi connectivity index (χ0v) is 15.1. The predicted molar refractivity (Wildman–Crippen MR) is 104 cm³/mol. The Balaban J connectivity index is 1.53. The van der Waals surface area contributed by atoms with E-state index in [0.29, 0.717) is 22.6 Å². The summed E-state index contributed by atoms with van der Waals surface area (Å²) in [5, 5.41) is 20.8. The molecular formula is C18H15ClN8. The number of aromatic amines is 1. The Morgan fingerprint density at radius 3 is 2.56 bits per heavy atom. The van der Waals surface area contributed by atoms with Gasteiger partial charge in [0.25, 0.3) is 0 Å². The second kappa shape index (κ2) is 7.38. The third kappa shape index (κ3) is 3.85. The monoisotopic (exact) mass is 378 g/mol. The Labute approximate surface area is 160 Å². The summed E-state index contributed by atoms with van der Waals surface area (Å²) in [5.74, 6) is 1.77. The maximum atomic E-state index is 6.22. The number of rotatable bonds is 5. The van der Waals surface area contributed by atoms with Crippen LogP contribution < -0.4 is 10.6 Å². The van der Waals surface area contributed by atoms with Crippen molar-refractivity contribution in [3.8, 4) is 11.4 Å². The van der Waals surface area contributed by atoms with E-state index in [2.05, 4.69) is 41.2 Å². The Morgan fingerprint density at radius 2 is 1.81 bits per heavy atom. The molecule has 0 aliphatic heterocycles. The van der Waals surface area contributed by atoms with Crippen molar-refractivity contribution in [1.82, 2.24) is 30.6 Å². The molecule has 0 amide bonds. The van der Waals surface area contributed by atoms with E-state index in [0.717, 1.165) is 22.5 Å². The number of hydrogen-bond acceptors (Lipinski definition) is 7. The van der Waals surface area contributed by atoms with E-state index in [4.69, 9.17) is 11.6 Å². The normalized spacial score (nSPS) is 10.6. The Bertz CT molecular complexity index is 1050. The Kier molecular flexibility index (Phi) is 4.63. The number of hydrogen-bond donors (Lipinski definition) is 3. The summed E-state index contributed by atoms with van der Waals surface area (Å²) in [6.45, 7) is 1.93. The summed E-state index contributed by atoms with van der Waals surface area (Å²) >= 11 is 6.22. The molecule has 0 atom stereocenters. The van der Waals surface area contributed by atoms with Crippen molar-refractivity contribution >= 4 is 34.7 Å². The molecule has 0 aliphatic rings. The van der Waals surface area contributed by atoms with Crippen LogP contribution in [0.4, 0.5) is 23.1 Å². The minimum Gasteiger partial charge on any atom is -0.339 e. The molecule has 0 saturated heterocycles.